The zero-order chi connectivity index (χ0) is 27.0. The Kier molecular flexibility index (Phi) is 6.44. The summed E-state index contributed by atoms with van der Waals surface area (Å²) in [6.45, 7) is 7.22. The SMILES string of the molecule is COc1ccc(NC2(C)CN(c3cc(=O)c4cc(C)cc(C(C)Nc5ccccc5C(=O)O)c4o3)C2)cn1. The van der Waals surface area contributed by atoms with E-state index in [9.17, 15) is 14.7 Å². The number of nitrogens with one attached hydrogen (secondary N) is 2. The van der Waals surface area contributed by atoms with Crippen LogP contribution < -0.4 is 25.7 Å². The number of anilines is 3. The second-order valence-corrected chi connectivity index (χ2v) is 10.0. The Morgan fingerprint density at radius 2 is 1.95 bits per heavy atom. The molecule has 1 aliphatic heterocycles. The maximum absolute atomic E-state index is 13.2. The van der Waals surface area contributed by atoms with Gasteiger partial charge in [0.15, 0.2) is 11.3 Å². The maximum atomic E-state index is 13.2. The lowest BCUT2D eigenvalue weighted by Crippen LogP contribution is -2.64. The van der Waals surface area contributed by atoms with E-state index < -0.39 is 5.97 Å². The number of carboxylic acid groups (broad SMARTS) is 1. The Balaban J connectivity index is 1.42. The van der Waals surface area contributed by atoms with Crippen LogP contribution in [0.15, 0.2) is 70.0 Å². The number of hydrogen-bond acceptors (Lipinski definition) is 8. The van der Waals surface area contributed by atoms with Crippen molar-refractivity contribution in [2.45, 2.75) is 32.4 Å². The van der Waals surface area contributed by atoms with E-state index in [1.165, 1.54) is 6.07 Å². The summed E-state index contributed by atoms with van der Waals surface area (Å²) in [5, 5.41) is 16.9. The molecule has 0 spiro atoms. The van der Waals surface area contributed by atoms with Gasteiger partial charge in [0.1, 0.15) is 5.58 Å². The van der Waals surface area contributed by atoms with E-state index in [1.807, 2.05) is 36.9 Å². The molecular formula is C29H30N4O5. The van der Waals surface area contributed by atoms with Gasteiger partial charge in [-0.15, -0.1) is 0 Å². The number of carbonyl (C=O) groups is 1. The zero-order valence-corrected chi connectivity index (χ0v) is 21.7. The Bertz CT molecular complexity index is 1560. The van der Waals surface area contributed by atoms with Crippen molar-refractivity contribution < 1.29 is 19.1 Å². The Morgan fingerprint density at radius 1 is 1.18 bits per heavy atom. The fourth-order valence-corrected chi connectivity index (χ4v) is 4.96. The van der Waals surface area contributed by atoms with E-state index in [0.717, 1.165) is 16.8 Å². The number of rotatable bonds is 8. The first kappa shape index (κ1) is 25.1. The van der Waals surface area contributed by atoms with Crippen LogP contribution in [0.3, 0.4) is 0 Å². The highest BCUT2D eigenvalue weighted by Gasteiger charge is 2.40. The van der Waals surface area contributed by atoms with Crippen molar-refractivity contribution in [3.8, 4) is 5.88 Å². The van der Waals surface area contributed by atoms with Crippen molar-refractivity contribution in [2.24, 2.45) is 0 Å². The number of fused-ring (bicyclic) bond motifs is 1. The minimum absolute atomic E-state index is 0.120. The number of aromatic carboxylic acids is 1. The topological polar surface area (TPSA) is 117 Å². The van der Waals surface area contributed by atoms with Crippen LogP contribution in [0.1, 0.15) is 41.4 Å². The van der Waals surface area contributed by atoms with Crippen LogP contribution in [0.25, 0.3) is 11.0 Å². The second-order valence-electron chi connectivity index (χ2n) is 10.0. The number of ether oxygens (including phenoxy) is 1. The van der Waals surface area contributed by atoms with Gasteiger partial charge in [0.2, 0.25) is 5.88 Å². The van der Waals surface area contributed by atoms with Gasteiger partial charge in [0.25, 0.3) is 0 Å². The molecule has 1 atom stereocenters. The minimum Gasteiger partial charge on any atom is -0.481 e. The number of benzene rings is 2. The molecule has 2 aromatic carbocycles. The third-order valence-electron chi connectivity index (χ3n) is 6.77. The largest absolute Gasteiger partial charge is 0.481 e. The molecule has 0 saturated carbocycles. The summed E-state index contributed by atoms with van der Waals surface area (Å²) in [5.41, 5.74) is 3.40. The van der Waals surface area contributed by atoms with E-state index in [0.29, 0.717) is 41.5 Å². The van der Waals surface area contributed by atoms with Crippen LogP contribution in [0.4, 0.5) is 17.3 Å². The van der Waals surface area contributed by atoms with E-state index >= 15 is 0 Å². The lowest BCUT2D eigenvalue weighted by Gasteiger charge is -2.49. The molecule has 9 heteroatoms. The maximum Gasteiger partial charge on any atom is 0.337 e. The molecule has 5 rings (SSSR count). The molecule has 0 aliphatic carbocycles. The highest BCUT2D eigenvalue weighted by atomic mass is 16.5. The number of aryl methyl sites for hydroxylation is 1. The first-order valence-corrected chi connectivity index (χ1v) is 12.4. The normalized spacial score (nSPS) is 15.0. The molecule has 38 heavy (non-hydrogen) atoms. The monoisotopic (exact) mass is 514 g/mol. The first-order valence-electron chi connectivity index (χ1n) is 12.4. The zero-order valence-electron chi connectivity index (χ0n) is 21.7. The summed E-state index contributed by atoms with van der Waals surface area (Å²) < 4.78 is 11.5. The molecule has 1 unspecified atom stereocenters. The van der Waals surface area contributed by atoms with Crippen molar-refractivity contribution in [3.63, 3.8) is 0 Å². The number of hydrogen-bond donors (Lipinski definition) is 3. The molecule has 196 valence electrons. The predicted octanol–water partition coefficient (Wildman–Crippen LogP) is 5.07. The molecule has 3 heterocycles. The molecule has 0 bridgehead atoms. The van der Waals surface area contributed by atoms with Gasteiger partial charge >= 0.3 is 5.97 Å². The summed E-state index contributed by atoms with van der Waals surface area (Å²) in [7, 11) is 1.58. The van der Waals surface area contributed by atoms with Crippen molar-refractivity contribution in [2.75, 3.05) is 35.7 Å². The van der Waals surface area contributed by atoms with Gasteiger partial charge < -0.3 is 29.8 Å². The van der Waals surface area contributed by atoms with E-state index in [2.05, 4.69) is 22.5 Å². The summed E-state index contributed by atoms with van der Waals surface area (Å²) in [5.74, 6) is 0.0380. The number of nitrogens with zero attached hydrogens (tertiary/aromatic N) is 2. The van der Waals surface area contributed by atoms with Gasteiger partial charge in [0, 0.05) is 36.5 Å². The molecule has 1 fully saturated rings. The number of para-hydroxylation sites is 1. The van der Waals surface area contributed by atoms with Crippen LogP contribution in [-0.4, -0.2) is 41.8 Å². The number of methoxy groups -OCH3 is 1. The van der Waals surface area contributed by atoms with Gasteiger partial charge in [0.05, 0.1) is 41.5 Å². The highest BCUT2D eigenvalue weighted by molar-refractivity contribution is 5.94. The molecular weight excluding hydrogens is 484 g/mol. The van der Waals surface area contributed by atoms with Crippen molar-refractivity contribution >= 4 is 34.2 Å². The van der Waals surface area contributed by atoms with Gasteiger partial charge in [-0.25, -0.2) is 9.78 Å². The lowest BCUT2D eigenvalue weighted by molar-refractivity contribution is 0.0698. The van der Waals surface area contributed by atoms with E-state index in [-0.39, 0.29) is 22.6 Å². The van der Waals surface area contributed by atoms with E-state index in [4.69, 9.17) is 9.15 Å². The smallest absolute Gasteiger partial charge is 0.337 e. The minimum atomic E-state index is -1.01. The average molecular weight is 515 g/mol. The van der Waals surface area contributed by atoms with Gasteiger partial charge in [-0.05, 0) is 50.6 Å². The summed E-state index contributed by atoms with van der Waals surface area (Å²) in [6.07, 6.45) is 1.73. The number of aromatic nitrogens is 1. The summed E-state index contributed by atoms with van der Waals surface area (Å²) in [6, 6.07) is 15.5. The summed E-state index contributed by atoms with van der Waals surface area (Å²) in [4.78, 5) is 31.1. The molecule has 0 radical (unpaired) electrons. The summed E-state index contributed by atoms with van der Waals surface area (Å²) >= 11 is 0. The fraction of sp³-hybridized carbons (Fsp3) is 0.276. The van der Waals surface area contributed by atoms with Gasteiger partial charge in [-0.2, -0.15) is 0 Å². The van der Waals surface area contributed by atoms with Crippen molar-refractivity contribution in [3.05, 3.63) is 87.7 Å². The van der Waals surface area contributed by atoms with Crippen LogP contribution in [-0.2, 0) is 0 Å². The van der Waals surface area contributed by atoms with Crippen molar-refractivity contribution in [1.29, 1.82) is 0 Å². The molecule has 0 amide bonds. The van der Waals surface area contributed by atoms with E-state index in [1.54, 1.807) is 43.6 Å². The third-order valence-corrected chi connectivity index (χ3v) is 6.77. The molecule has 3 N–H and O–H groups in total. The molecule has 9 nitrogen and oxygen atoms in total. The Morgan fingerprint density at radius 3 is 2.63 bits per heavy atom. The third kappa shape index (κ3) is 4.87. The second kappa shape index (κ2) is 9.74. The quantitative estimate of drug-likeness (QED) is 0.296. The Labute approximate surface area is 220 Å². The lowest BCUT2D eigenvalue weighted by atomic mass is 9.92. The van der Waals surface area contributed by atoms with Crippen LogP contribution in [0.2, 0.25) is 0 Å². The Hall–Kier alpha value is -4.53. The molecule has 4 aromatic rings. The standard InChI is InChI=1S/C29H30N4O5/c1-17-11-21(18(2)31-23-8-6-5-7-20(23)28(35)36)27-22(12-17)24(34)13-26(38-27)33-15-29(3,16-33)32-19-9-10-25(37-4)30-14-19/h5-14,18,31-32H,15-16H2,1-4H3,(H,35,36). The molecule has 1 aliphatic rings. The van der Waals surface area contributed by atoms with Crippen molar-refractivity contribution in [1.82, 2.24) is 4.98 Å². The first-order chi connectivity index (χ1) is 18.2. The molecule has 2 aromatic heterocycles. The molecule has 1 saturated heterocycles. The fourth-order valence-electron chi connectivity index (χ4n) is 4.96. The van der Waals surface area contributed by atoms with Crippen LogP contribution >= 0.6 is 0 Å². The average Bonchev–Trinajstić information content (AvgIpc) is 2.87. The highest BCUT2D eigenvalue weighted by Crippen LogP contribution is 2.34. The number of carboxylic acids is 1. The number of pyridine rings is 1. The van der Waals surface area contributed by atoms with Gasteiger partial charge in [-0.3, -0.25) is 4.79 Å². The predicted molar refractivity (Wildman–Crippen MR) is 148 cm³/mol. The van der Waals surface area contributed by atoms with Gasteiger partial charge in [-0.1, -0.05) is 18.2 Å². The van der Waals surface area contributed by atoms with Crippen LogP contribution in [0.5, 0.6) is 5.88 Å². The van der Waals surface area contributed by atoms with Crippen LogP contribution in [0, 0.1) is 6.92 Å².